The number of alkyl carbamates (subject to hydrolysis) is 1. The second kappa shape index (κ2) is 10.2. The van der Waals surface area contributed by atoms with Crippen molar-refractivity contribution in [3.8, 4) is 10.6 Å². The summed E-state index contributed by atoms with van der Waals surface area (Å²) in [5.74, 6) is 0. The second-order valence-electron chi connectivity index (χ2n) is 11.3. The third-order valence-corrected chi connectivity index (χ3v) is 8.24. The van der Waals surface area contributed by atoms with Crippen LogP contribution in [-0.4, -0.2) is 58.2 Å². The number of fused-ring (bicyclic) bond motifs is 1. The molecule has 1 amide bonds. The van der Waals surface area contributed by atoms with Crippen LogP contribution in [0.4, 0.5) is 10.5 Å². The lowest BCUT2D eigenvalue weighted by molar-refractivity contribution is 0.0475. The number of ether oxygens (including phenoxy) is 2. The quantitative estimate of drug-likeness (QED) is 0.292. The van der Waals surface area contributed by atoms with E-state index in [9.17, 15) is 4.79 Å². The van der Waals surface area contributed by atoms with E-state index in [0.717, 1.165) is 52.8 Å². The topological polar surface area (TPSA) is 103 Å². The lowest BCUT2D eigenvalue weighted by Crippen LogP contribution is -2.50. The molecule has 0 radical (unpaired) electrons. The number of carbonyl (C=O) groups is 1. The second-order valence-corrected chi connectivity index (χ2v) is 17.8. The van der Waals surface area contributed by atoms with Crippen LogP contribution in [0.15, 0.2) is 24.0 Å². The average molecular weight is 517 g/mol. The molecule has 0 saturated heterocycles. The van der Waals surface area contributed by atoms with Gasteiger partial charge in [0.05, 0.1) is 11.3 Å². The maximum atomic E-state index is 12.1. The largest absolute Gasteiger partial charge is 0.444 e. The van der Waals surface area contributed by atoms with Crippen LogP contribution in [0.2, 0.25) is 25.7 Å². The van der Waals surface area contributed by atoms with Crippen molar-refractivity contribution in [3.63, 3.8) is 0 Å². The lowest BCUT2D eigenvalue weighted by atomic mass is 9.86. The molecule has 9 nitrogen and oxygen atoms in total. The number of nitrogens with one attached hydrogen (secondary N) is 2. The van der Waals surface area contributed by atoms with E-state index in [0.29, 0.717) is 6.73 Å². The van der Waals surface area contributed by atoms with E-state index < -0.39 is 13.7 Å². The third-order valence-electron chi connectivity index (χ3n) is 5.81. The first-order valence-electron chi connectivity index (χ1n) is 12.1. The Balaban J connectivity index is 1.46. The summed E-state index contributed by atoms with van der Waals surface area (Å²) in [6, 6.07) is 3.53. The molecule has 1 fully saturated rings. The van der Waals surface area contributed by atoms with E-state index >= 15 is 0 Å². The zero-order valence-corrected chi connectivity index (χ0v) is 23.2. The molecule has 0 atom stereocenters. The maximum Gasteiger partial charge on any atom is 0.407 e. The van der Waals surface area contributed by atoms with Crippen LogP contribution in [0, 0.1) is 0 Å². The van der Waals surface area contributed by atoms with E-state index in [2.05, 4.69) is 46.5 Å². The van der Waals surface area contributed by atoms with Crippen molar-refractivity contribution < 1.29 is 14.3 Å². The maximum absolute atomic E-state index is 12.1. The summed E-state index contributed by atoms with van der Waals surface area (Å²) in [6.07, 6.45) is 5.15. The van der Waals surface area contributed by atoms with Crippen molar-refractivity contribution in [2.24, 2.45) is 0 Å². The van der Waals surface area contributed by atoms with Gasteiger partial charge < -0.3 is 24.7 Å². The van der Waals surface area contributed by atoms with E-state index in [1.165, 1.54) is 11.3 Å². The SMILES string of the molecule is CC(C)(C)OC(=O)NC1CC(Nc2c(-c3nncs3)cnc3c2ccn3COCC[Si](C)(C)C)C1. The molecule has 1 aliphatic carbocycles. The van der Waals surface area contributed by atoms with Gasteiger partial charge in [-0.05, 0) is 45.7 Å². The standard InChI is InChI=1S/C24H36N6O3SSi/c1-24(2,3)33-23(31)28-17-11-16(12-17)27-20-18-7-8-30(15-32-9-10-35(4,5)6)21(18)25-13-19(20)22-29-26-14-34-22/h7-8,13-14,16-17H,9-12,15H2,1-6H3,(H,25,27)(H,28,31). The van der Waals surface area contributed by atoms with Crippen molar-refractivity contribution >= 4 is 42.2 Å². The molecular formula is C24H36N6O3SSi. The highest BCUT2D eigenvalue weighted by molar-refractivity contribution is 7.12. The molecule has 1 aliphatic rings. The van der Waals surface area contributed by atoms with Crippen molar-refractivity contribution in [1.29, 1.82) is 0 Å². The first-order chi connectivity index (χ1) is 16.5. The average Bonchev–Trinajstić information content (AvgIpc) is 3.38. The predicted octanol–water partition coefficient (Wildman–Crippen LogP) is 5.33. The van der Waals surface area contributed by atoms with Gasteiger partial charge in [-0.3, -0.25) is 0 Å². The molecule has 35 heavy (non-hydrogen) atoms. The fraction of sp³-hybridized carbons (Fsp3) is 0.583. The van der Waals surface area contributed by atoms with Crippen LogP contribution in [0.3, 0.4) is 0 Å². The number of hydrogen-bond acceptors (Lipinski definition) is 8. The third kappa shape index (κ3) is 6.80. The Morgan fingerprint density at radius 3 is 2.69 bits per heavy atom. The van der Waals surface area contributed by atoms with Crippen molar-refractivity contribution in [1.82, 2.24) is 25.1 Å². The molecule has 3 heterocycles. The zero-order chi connectivity index (χ0) is 25.2. The number of anilines is 1. The first-order valence-corrected chi connectivity index (χ1v) is 16.7. The van der Waals surface area contributed by atoms with Crippen LogP contribution >= 0.6 is 11.3 Å². The zero-order valence-electron chi connectivity index (χ0n) is 21.4. The molecule has 0 unspecified atom stereocenters. The van der Waals surface area contributed by atoms with Gasteiger partial charge in [-0.1, -0.05) is 31.0 Å². The van der Waals surface area contributed by atoms with E-state index in [-0.39, 0.29) is 18.2 Å². The molecular weight excluding hydrogens is 480 g/mol. The Morgan fingerprint density at radius 2 is 2.03 bits per heavy atom. The minimum atomic E-state index is -1.13. The van der Waals surface area contributed by atoms with Gasteiger partial charge in [0.15, 0.2) is 5.01 Å². The number of aromatic nitrogens is 4. The van der Waals surface area contributed by atoms with Crippen molar-refractivity contribution in [2.75, 3.05) is 11.9 Å². The highest BCUT2D eigenvalue weighted by Gasteiger charge is 2.33. The smallest absolute Gasteiger partial charge is 0.407 e. The van der Waals surface area contributed by atoms with E-state index in [1.54, 1.807) is 5.51 Å². The van der Waals surface area contributed by atoms with Crippen LogP contribution in [-0.2, 0) is 16.2 Å². The fourth-order valence-electron chi connectivity index (χ4n) is 3.92. The minimum absolute atomic E-state index is 0.0917. The molecule has 1 saturated carbocycles. The van der Waals surface area contributed by atoms with Gasteiger partial charge in [-0.25, -0.2) is 9.78 Å². The summed E-state index contributed by atoms with van der Waals surface area (Å²) >= 11 is 1.49. The minimum Gasteiger partial charge on any atom is -0.444 e. The van der Waals surface area contributed by atoms with Crippen LogP contribution in [0.1, 0.15) is 33.6 Å². The Labute approximate surface area is 211 Å². The van der Waals surface area contributed by atoms with Crippen LogP contribution in [0.25, 0.3) is 21.6 Å². The summed E-state index contributed by atoms with van der Waals surface area (Å²) in [4.78, 5) is 16.8. The lowest BCUT2D eigenvalue weighted by Gasteiger charge is -2.37. The van der Waals surface area contributed by atoms with Crippen molar-refractivity contribution in [3.05, 3.63) is 24.0 Å². The molecule has 4 rings (SSSR count). The Morgan fingerprint density at radius 1 is 1.26 bits per heavy atom. The van der Waals surface area contributed by atoms with Gasteiger partial charge in [0.1, 0.15) is 23.5 Å². The molecule has 190 valence electrons. The molecule has 0 aliphatic heterocycles. The molecule has 11 heteroatoms. The summed E-state index contributed by atoms with van der Waals surface area (Å²) < 4.78 is 13.4. The predicted molar refractivity (Wildman–Crippen MR) is 143 cm³/mol. The number of hydrogen-bond donors (Lipinski definition) is 2. The Hall–Kier alpha value is -2.50. The van der Waals surface area contributed by atoms with Gasteiger partial charge >= 0.3 is 6.09 Å². The molecule has 0 aromatic carbocycles. The Kier molecular flexibility index (Phi) is 7.48. The molecule has 0 spiro atoms. The van der Waals surface area contributed by atoms with Crippen molar-refractivity contribution in [2.45, 2.75) is 83.7 Å². The fourth-order valence-corrected chi connectivity index (χ4v) is 5.25. The normalized spacial score (nSPS) is 18.3. The highest BCUT2D eigenvalue weighted by atomic mass is 32.1. The molecule has 0 bridgehead atoms. The number of amides is 1. The van der Waals surface area contributed by atoms with Gasteiger partial charge in [0, 0.05) is 44.5 Å². The van der Waals surface area contributed by atoms with Crippen LogP contribution in [0.5, 0.6) is 0 Å². The first kappa shape index (κ1) is 25.6. The summed E-state index contributed by atoms with van der Waals surface area (Å²) in [5, 5.41) is 16.8. The monoisotopic (exact) mass is 516 g/mol. The van der Waals surface area contributed by atoms with Crippen LogP contribution < -0.4 is 10.6 Å². The van der Waals surface area contributed by atoms with Gasteiger partial charge in [-0.2, -0.15) is 0 Å². The summed E-state index contributed by atoms with van der Waals surface area (Å²) in [6.45, 7) is 13.9. The van der Waals surface area contributed by atoms with Gasteiger partial charge in [-0.15, -0.1) is 10.2 Å². The molecule has 3 aromatic heterocycles. The highest BCUT2D eigenvalue weighted by Crippen LogP contribution is 2.37. The number of nitrogens with zero attached hydrogens (tertiary/aromatic N) is 4. The summed E-state index contributed by atoms with van der Waals surface area (Å²) in [5.41, 5.74) is 4.02. The van der Waals surface area contributed by atoms with E-state index in [1.807, 2.05) is 37.7 Å². The molecule has 2 N–H and O–H groups in total. The summed E-state index contributed by atoms with van der Waals surface area (Å²) in [7, 11) is -1.13. The number of pyridine rings is 1. The van der Waals surface area contributed by atoms with Gasteiger partial charge in [0.2, 0.25) is 0 Å². The molecule has 3 aromatic rings. The number of carbonyl (C=O) groups excluding carboxylic acids is 1. The van der Waals surface area contributed by atoms with E-state index in [4.69, 9.17) is 14.5 Å². The Bertz CT molecular complexity index is 1150. The number of rotatable bonds is 9. The van der Waals surface area contributed by atoms with Gasteiger partial charge in [0.25, 0.3) is 0 Å².